The maximum atomic E-state index is 13.6. The summed E-state index contributed by atoms with van der Waals surface area (Å²) < 4.78 is 8.21. The third-order valence-electron chi connectivity index (χ3n) is 5.67. The van der Waals surface area contributed by atoms with E-state index in [0.717, 1.165) is 15.7 Å². The number of hydrogen-bond acceptors (Lipinski definition) is 4. The molecular weight excluding hydrogens is 418 g/mol. The molecule has 0 aliphatic heterocycles. The monoisotopic (exact) mass is 439 g/mol. The van der Waals surface area contributed by atoms with Crippen LogP contribution in [0.5, 0.6) is 0 Å². The molecule has 0 saturated carbocycles. The first-order valence-corrected chi connectivity index (χ1v) is 10.5. The lowest BCUT2D eigenvalue weighted by molar-refractivity contribution is -0.116. The number of rotatable bonds is 4. The van der Waals surface area contributed by atoms with E-state index in [4.69, 9.17) is 4.42 Å². The number of carbonyl (C=O) groups is 1. The number of hydrogen-bond donors (Lipinski definition) is 1. The lowest BCUT2D eigenvalue weighted by Crippen LogP contribution is -2.40. The second kappa shape index (κ2) is 7.94. The largest absolute Gasteiger partial charge is 0.449 e. The van der Waals surface area contributed by atoms with Crippen molar-refractivity contribution in [2.75, 3.05) is 5.32 Å². The van der Waals surface area contributed by atoms with E-state index in [1.807, 2.05) is 44.2 Å². The topological polar surface area (TPSA) is 86.2 Å². The van der Waals surface area contributed by atoms with Gasteiger partial charge in [-0.15, -0.1) is 0 Å². The van der Waals surface area contributed by atoms with Gasteiger partial charge in [-0.2, -0.15) is 0 Å². The summed E-state index contributed by atoms with van der Waals surface area (Å²) in [4.78, 5) is 39.9. The number of furan rings is 1. The molecule has 1 amide bonds. The zero-order chi connectivity index (χ0) is 23.1. The molecule has 0 bridgehead atoms. The van der Waals surface area contributed by atoms with Crippen LogP contribution in [-0.4, -0.2) is 15.0 Å². The maximum Gasteiger partial charge on any atom is 0.336 e. The van der Waals surface area contributed by atoms with Crippen molar-refractivity contribution in [2.24, 2.45) is 0 Å². The van der Waals surface area contributed by atoms with Crippen LogP contribution < -0.4 is 16.6 Å². The minimum absolute atomic E-state index is 0.0278. The number of anilines is 1. The highest BCUT2D eigenvalue weighted by Gasteiger charge is 2.22. The van der Waals surface area contributed by atoms with Crippen molar-refractivity contribution in [3.63, 3.8) is 0 Å². The molecule has 0 radical (unpaired) electrons. The fourth-order valence-electron chi connectivity index (χ4n) is 3.96. The van der Waals surface area contributed by atoms with Crippen LogP contribution in [0.2, 0.25) is 0 Å². The van der Waals surface area contributed by atoms with E-state index in [-0.39, 0.29) is 18.0 Å². The lowest BCUT2D eigenvalue weighted by Gasteiger charge is -2.13. The smallest absolute Gasteiger partial charge is 0.336 e. The van der Waals surface area contributed by atoms with Gasteiger partial charge < -0.3 is 9.73 Å². The highest BCUT2D eigenvalue weighted by molar-refractivity contribution is 6.03. The van der Waals surface area contributed by atoms with Crippen molar-refractivity contribution < 1.29 is 9.21 Å². The number of para-hydroxylation sites is 2. The Morgan fingerprint density at radius 1 is 0.909 bits per heavy atom. The van der Waals surface area contributed by atoms with Crippen LogP contribution >= 0.6 is 0 Å². The molecule has 1 N–H and O–H groups in total. The molecule has 7 nitrogen and oxygen atoms in total. The first-order valence-electron chi connectivity index (χ1n) is 10.5. The summed E-state index contributed by atoms with van der Waals surface area (Å²) in [5.41, 5.74) is 2.61. The van der Waals surface area contributed by atoms with Crippen LogP contribution in [-0.2, 0) is 11.3 Å². The maximum absolute atomic E-state index is 13.6. The minimum atomic E-state index is -0.608. The molecule has 2 aromatic heterocycles. The summed E-state index contributed by atoms with van der Waals surface area (Å²) in [5.74, 6) is -0.382. The molecule has 0 spiro atoms. The van der Waals surface area contributed by atoms with Gasteiger partial charge in [0.15, 0.2) is 0 Å². The number of nitrogens with zero attached hydrogens (tertiary/aromatic N) is 2. The van der Waals surface area contributed by atoms with E-state index in [1.54, 1.807) is 42.5 Å². The Bertz CT molecular complexity index is 1640. The quantitative estimate of drug-likeness (QED) is 0.456. The van der Waals surface area contributed by atoms with Gasteiger partial charge in [0.25, 0.3) is 0 Å². The molecular formula is C26H21N3O4. The third kappa shape index (κ3) is 3.53. The van der Waals surface area contributed by atoms with Gasteiger partial charge in [-0.3, -0.25) is 14.2 Å². The number of nitrogens with one attached hydrogen (secondary N) is 1. The van der Waals surface area contributed by atoms with Crippen molar-refractivity contribution in [1.82, 2.24) is 9.13 Å². The van der Waals surface area contributed by atoms with E-state index >= 15 is 0 Å². The normalized spacial score (nSPS) is 11.2. The van der Waals surface area contributed by atoms with Gasteiger partial charge in [-0.05, 0) is 49.7 Å². The van der Waals surface area contributed by atoms with Crippen LogP contribution in [0.4, 0.5) is 5.69 Å². The SMILES string of the molecule is Cc1ccc(-n2c(=O)c3oc4ccccc4c3n(CC(=O)Nc3ccccc3C)c2=O)cc1. The summed E-state index contributed by atoms with van der Waals surface area (Å²) in [7, 11) is 0. The molecule has 5 aromatic rings. The van der Waals surface area contributed by atoms with Gasteiger partial charge >= 0.3 is 11.2 Å². The molecule has 0 aliphatic carbocycles. The molecule has 2 heterocycles. The second-order valence-corrected chi connectivity index (χ2v) is 7.98. The average molecular weight is 439 g/mol. The molecule has 0 atom stereocenters. The summed E-state index contributed by atoms with van der Waals surface area (Å²) in [6.07, 6.45) is 0. The predicted molar refractivity (Wildman–Crippen MR) is 128 cm³/mol. The minimum Gasteiger partial charge on any atom is -0.449 e. The molecule has 7 heteroatoms. The highest BCUT2D eigenvalue weighted by atomic mass is 16.3. The van der Waals surface area contributed by atoms with Crippen molar-refractivity contribution in [2.45, 2.75) is 20.4 Å². The first kappa shape index (κ1) is 20.5. The number of carbonyl (C=O) groups excluding carboxylic acids is 1. The Morgan fingerprint density at radius 3 is 2.36 bits per heavy atom. The number of aromatic nitrogens is 2. The summed E-state index contributed by atoms with van der Waals surface area (Å²) in [5, 5.41) is 3.45. The predicted octanol–water partition coefficient (Wildman–Crippen LogP) is 4.15. The van der Waals surface area contributed by atoms with Crippen molar-refractivity contribution >= 4 is 33.7 Å². The van der Waals surface area contributed by atoms with E-state index in [2.05, 4.69) is 5.32 Å². The molecule has 5 rings (SSSR count). The van der Waals surface area contributed by atoms with Crippen LogP contribution in [0, 0.1) is 13.8 Å². The van der Waals surface area contributed by atoms with E-state index in [0.29, 0.717) is 27.9 Å². The molecule has 0 fully saturated rings. The van der Waals surface area contributed by atoms with Crippen LogP contribution in [0.3, 0.4) is 0 Å². The number of fused-ring (bicyclic) bond motifs is 3. The van der Waals surface area contributed by atoms with Crippen LogP contribution in [0.1, 0.15) is 11.1 Å². The van der Waals surface area contributed by atoms with E-state index in [1.165, 1.54) is 4.57 Å². The average Bonchev–Trinajstić information content (AvgIpc) is 3.19. The van der Waals surface area contributed by atoms with Gasteiger partial charge in [0.1, 0.15) is 17.6 Å². The van der Waals surface area contributed by atoms with Crippen LogP contribution in [0.25, 0.3) is 27.8 Å². The highest BCUT2D eigenvalue weighted by Crippen LogP contribution is 2.26. The Hall–Kier alpha value is -4.39. The number of benzene rings is 3. The van der Waals surface area contributed by atoms with Gasteiger partial charge in [0.2, 0.25) is 11.5 Å². The van der Waals surface area contributed by atoms with Gasteiger partial charge in [0, 0.05) is 11.1 Å². The Balaban J connectivity index is 1.73. The molecule has 0 aliphatic rings. The fourth-order valence-corrected chi connectivity index (χ4v) is 3.96. The van der Waals surface area contributed by atoms with Gasteiger partial charge in [0.05, 0.1) is 5.69 Å². The van der Waals surface area contributed by atoms with Crippen molar-refractivity contribution in [3.8, 4) is 5.69 Å². The zero-order valence-corrected chi connectivity index (χ0v) is 18.2. The molecule has 164 valence electrons. The second-order valence-electron chi connectivity index (χ2n) is 7.98. The molecule has 0 saturated heterocycles. The first-order chi connectivity index (χ1) is 15.9. The van der Waals surface area contributed by atoms with Crippen molar-refractivity contribution in [1.29, 1.82) is 0 Å². The van der Waals surface area contributed by atoms with Crippen molar-refractivity contribution in [3.05, 3.63) is 105 Å². The van der Waals surface area contributed by atoms with Crippen LogP contribution in [0.15, 0.2) is 86.8 Å². The Morgan fingerprint density at radius 2 is 1.61 bits per heavy atom. The lowest BCUT2D eigenvalue weighted by atomic mass is 10.2. The number of aryl methyl sites for hydroxylation is 2. The fraction of sp³-hybridized carbons (Fsp3) is 0.115. The molecule has 33 heavy (non-hydrogen) atoms. The third-order valence-corrected chi connectivity index (χ3v) is 5.67. The van der Waals surface area contributed by atoms with E-state index < -0.39 is 11.2 Å². The summed E-state index contributed by atoms with van der Waals surface area (Å²) >= 11 is 0. The Labute approximate surface area is 188 Å². The zero-order valence-electron chi connectivity index (χ0n) is 18.2. The Kier molecular flexibility index (Phi) is 4.94. The summed E-state index contributed by atoms with van der Waals surface area (Å²) in [6, 6.07) is 21.5. The standard InChI is InChI=1S/C26H21N3O4/c1-16-11-13-18(14-12-16)29-25(31)24-23(19-8-4-6-10-21(19)33-24)28(26(29)32)15-22(30)27-20-9-5-3-7-17(20)2/h3-14H,15H2,1-2H3,(H,27,30). The summed E-state index contributed by atoms with van der Waals surface area (Å²) in [6.45, 7) is 3.53. The molecule has 3 aromatic carbocycles. The molecule has 0 unspecified atom stereocenters. The van der Waals surface area contributed by atoms with Gasteiger partial charge in [-0.1, -0.05) is 48.0 Å². The van der Waals surface area contributed by atoms with E-state index in [9.17, 15) is 14.4 Å². The van der Waals surface area contributed by atoms with Gasteiger partial charge in [-0.25, -0.2) is 9.36 Å². The number of amides is 1.